The summed E-state index contributed by atoms with van der Waals surface area (Å²) in [5.41, 5.74) is 9.24. The predicted molar refractivity (Wildman–Crippen MR) is 107 cm³/mol. The molecule has 0 N–H and O–H groups in total. The van der Waals surface area contributed by atoms with Crippen LogP contribution in [0.3, 0.4) is 0 Å². The minimum atomic E-state index is 0.667. The summed E-state index contributed by atoms with van der Waals surface area (Å²) < 4.78 is 0.667. The van der Waals surface area contributed by atoms with Gasteiger partial charge in [0, 0.05) is 0 Å². The van der Waals surface area contributed by atoms with E-state index < -0.39 is 0 Å². The van der Waals surface area contributed by atoms with Crippen LogP contribution in [0.5, 0.6) is 0 Å². The molecule has 0 amide bonds. The Morgan fingerprint density at radius 3 is 2.42 bits per heavy atom. The summed E-state index contributed by atoms with van der Waals surface area (Å²) in [5.74, 6) is 0.830. The van der Waals surface area contributed by atoms with Crippen molar-refractivity contribution in [2.75, 3.05) is 0 Å². The molecule has 5 rings (SSSR count). The van der Waals surface area contributed by atoms with E-state index in [2.05, 4.69) is 67.6 Å². The third-order valence-electron chi connectivity index (χ3n) is 6.38. The first-order valence-corrected chi connectivity index (χ1v) is 11.2. The van der Waals surface area contributed by atoms with E-state index in [0.717, 1.165) is 5.92 Å². The van der Waals surface area contributed by atoms with Crippen molar-refractivity contribution in [2.45, 2.75) is 36.2 Å². The molecule has 1 heteroatoms. The normalized spacial score (nSPS) is 20.1. The molecule has 26 heavy (non-hydrogen) atoms. The minimum absolute atomic E-state index is 0.667. The van der Waals surface area contributed by atoms with Gasteiger partial charge in [-0.1, -0.05) is 0 Å². The Kier molecular flexibility index (Phi) is 4.25. The van der Waals surface area contributed by atoms with Crippen molar-refractivity contribution >= 4 is 16.3 Å². The van der Waals surface area contributed by atoms with E-state index in [1.165, 1.54) is 53.1 Å². The van der Waals surface area contributed by atoms with Gasteiger partial charge in [0.05, 0.1) is 0 Å². The molecule has 3 aromatic carbocycles. The van der Waals surface area contributed by atoms with Crippen LogP contribution in [0.1, 0.15) is 47.4 Å². The maximum atomic E-state index is 2.39. The van der Waals surface area contributed by atoms with Gasteiger partial charge in [0.2, 0.25) is 0 Å². The van der Waals surface area contributed by atoms with Crippen LogP contribution < -0.4 is 0 Å². The van der Waals surface area contributed by atoms with Crippen LogP contribution in [0.4, 0.5) is 0 Å². The van der Waals surface area contributed by atoms with Crippen LogP contribution in [0.15, 0.2) is 66.2 Å². The summed E-state index contributed by atoms with van der Waals surface area (Å²) in [5, 5.41) is 2.65. The van der Waals surface area contributed by atoms with E-state index in [1.54, 1.807) is 41.4 Å². The molecule has 0 aliphatic heterocycles. The molecule has 0 spiro atoms. The van der Waals surface area contributed by atoms with Crippen molar-refractivity contribution in [3.63, 3.8) is 0 Å². The number of fused-ring (bicyclic) bond motifs is 2. The molecule has 2 aliphatic rings. The molecule has 3 aromatic rings. The second kappa shape index (κ2) is 6.61. The molecular formula is C25H23Zr. The monoisotopic (exact) mass is 413 g/mol. The van der Waals surface area contributed by atoms with Crippen molar-refractivity contribution in [1.82, 2.24) is 0 Å². The van der Waals surface area contributed by atoms with Crippen molar-refractivity contribution in [1.29, 1.82) is 0 Å². The predicted octanol–water partition coefficient (Wildman–Crippen LogP) is 7.07. The van der Waals surface area contributed by atoms with E-state index in [-0.39, 0.29) is 0 Å². The number of allylic oxidation sites excluding steroid dienone is 2. The summed E-state index contributed by atoms with van der Waals surface area (Å²) in [4.78, 5) is 0. The fourth-order valence-corrected chi connectivity index (χ4v) is 6.84. The van der Waals surface area contributed by atoms with Crippen molar-refractivity contribution in [2.24, 2.45) is 5.92 Å². The Morgan fingerprint density at radius 2 is 1.62 bits per heavy atom. The number of benzene rings is 3. The van der Waals surface area contributed by atoms with E-state index in [0.29, 0.717) is 3.63 Å². The summed E-state index contributed by atoms with van der Waals surface area (Å²) in [7, 11) is 0. The summed E-state index contributed by atoms with van der Waals surface area (Å²) >= 11 is 1.65. The molecule has 0 heterocycles. The standard InChI is InChI=1S/C25H23.Zr/c1-17-24(19-8-3-4-9-19)16-22-11-6-12-23(25(17)22)21-14-13-18-7-2-5-10-20(18)15-21;/h2,5-7,10-16,19H,3-4,8-9H2,1H3;. The molecule has 1 fully saturated rings. The van der Waals surface area contributed by atoms with Gasteiger partial charge < -0.3 is 0 Å². The zero-order valence-electron chi connectivity index (χ0n) is 15.3. The van der Waals surface area contributed by atoms with Gasteiger partial charge in [-0.15, -0.1) is 0 Å². The van der Waals surface area contributed by atoms with Gasteiger partial charge in [-0.05, 0) is 0 Å². The van der Waals surface area contributed by atoms with Crippen LogP contribution >= 0.6 is 0 Å². The molecule has 0 bridgehead atoms. The summed E-state index contributed by atoms with van der Waals surface area (Å²) in [6.07, 6.45) is 5.63. The van der Waals surface area contributed by atoms with Gasteiger partial charge in [-0.3, -0.25) is 0 Å². The van der Waals surface area contributed by atoms with Crippen LogP contribution in [-0.4, -0.2) is 0 Å². The second-order valence-electron chi connectivity index (χ2n) is 7.83. The molecule has 0 aromatic heterocycles. The van der Waals surface area contributed by atoms with Crippen LogP contribution in [0.25, 0.3) is 27.5 Å². The zero-order chi connectivity index (χ0) is 17.7. The van der Waals surface area contributed by atoms with E-state index >= 15 is 0 Å². The van der Waals surface area contributed by atoms with Gasteiger partial charge in [0.25, 0.3) is 0 Å². The average Bonchev–Trinajstić information content (AvgIpc) is 3.28. The number of rotatable bonds is 2. The van der Waals surface area contributed by atoms with E-state index in [4.69, 9.17) is 0 Å². The van der Waals surface area contributed by atoms with Gasteiger partial charge in [-0.2, -0.15) is 0 Å². The Labute approximate surface area is 171 Å². The molecular weight excluding hydrogens is 391 g/mol. The first-order chi connectivity index (χ1) is 12.7. The molecule has 2 aliphatic carbocycles. The van der Waals surface area contributed by atoms with Crippen LogP contribution in [0.2, 0.25) is 0 Å². The van der Waals surface area contributed by atoms with Gasteiger partial charge in [-0.25, -0.2) is 0 Å². The Bertz CT molecular complexity index is 1020. The summed E-state index contributed by atoms with van der Waals surface area (Å²) in [6, 6.07) is 22.6. The molecule has 0 nitrogen and oxygen atoms in total. The first kappa shape index (κ1) is 16.7. The molecule has 0 radical (unpaired) electrons. The Hall–Kier alpha value is -1.46. The van der Waals surface area contributed by atoms with E-state index in [9.17, 15) is 0 Å². The van der Waals surface area contributed by atoms with Gasteiger partial charge in [0.15, 0.2) is 0 Å². The Balaban J connectivity index is 1.68. The number of hydrogen-bond acceptors (Lipinski definition) is 0. The second-order valence-corrected chi connectivity index (χ2v) is 9.25. The van der Waals surface area contributed by atoms with Crippen molar-refractivity contribution in [3.8, 4) is 11.1 Å². The number of hydrogen-bond donors (Lipinski definition) is 0. The Morgan fingerprint density at radius 1 is 0.846 bits per heavy atom. The average molecular weight is 415 g/mol. The fourth-order valence-electron chi connectivity index (χ4n) is 5.13. The zero-order valence-corrected chi connectivity index (χ0v) is 17.7. The van der Waals surface area contributed by atoms with Crippen LogP contribution in [-0.2, 0) is 24.7 Å². The van der Waals surface area contributed by atoms with Gasteiger partial charge in [0.1, 0.15) is 0 Å². The first-order valence-electron chi connectivity index (χ1n) is 9.78. The van der Waals surface area contributed by atoms with Gasteiger partial charge >= 0.3 is 172 Å². The molecule has 1 saturated carbocycles. The van der Waals surface area contributed by atoms with E-state index in [1.807, 2.05) is 0 Å². The molecule has 0 saturated heterocycles. The van der Waals surface area contributed by atoms with Crippen molar-refractivity contribution in [3.05, 3.63) is 77.4 Å². The molecule has 1 unspecified atom stereocenters. The summed E-state index contributed by atoms with van der Waals surface area (Å²) in [6.45, 7) is 2.39. The third-order valence-corrected chi connectivity index (χ3v) is 7.91. The van der Waals surface area contributed by atoms with Crippen LogP contribution in [0, 0.1) is 5.92 Å². The fraction of sp³-hybridized carbons (Fsp3) is 0.280. The molecule has 127 valence electrons. The SMILES string of the molecule is CC1=C(C2CCCC2)[CH]([Zr])c2cccc(-c3ccc4ccccc4c3)c21. The quantitative estimate of drug-likeness (QED) is 0.420. The topological polar surface area (TPSA) is 0 Å². The molecule has 1 atom stereocenters. The van der Waals surface area contributed by atoms with Crippen molar-refractivity contribution < 1.29 is 24.7 Å². The maximum absolute atomic E-state index is 2.39. The third kappa shape index (κ3) is 2.59.